The Labute approximate surface area is 234 Å². The van der Waals surface area contributed by atoms with E-state index in [2.05, 4.69) is 111 Å². The molecule has 0 aromatic carbocycles. The van der Waals surface area contributed by atoms with Crippen LogP contribution < -0.4 is 11.5 Å². The average molecular weight is 525 g/mol. The second kappa shape index (κ2) is 12.2. The van der Waals surface area contributed by atoms with Crippen molar-refractivity contribution in [2.24, 2.45) is 44.0 Å². The molecule has 0 aliphatic rings. The first-order valence-corrected chi connectivity index (χ1v) is 15.8. The first-order chi connectivity index (χ1) is 16.5. The van der Waals surface area contributed by atoms with Crippen LogP contribution >= 0.6 is 0 Å². The van der Waals surface area contributed by atoms with E-state index in [0.717, 1.165) is 57.8 Å². The highest BCUT2D eigenvalue weighted by Gasteiger charge is 2.59. The maximum atomic E-state index is 12.6. The van der Waals surface area contributed by atoms with E-state index in [0.29, 0.717) is 0 Å². The van der Waals surface area contributed by atoms with Crippen molar-refractivity contribution in [2.75, 3.05) is 0 Å². The molecule has 0 radical (unpaired) electrons. The summed E-state index contributed by atoms with van der Waals surface area (Å²) in [4.78, 5) is 0. The zero-order valence-electron chi connectivity index (χ0n) is 28.5. The predicted molar refractivity (Wildman–Crippen MR) is 167 cm³/mol. The van der Waals surface area contributed by atoms with Gasteiger partial charge in [-0.3, -0.25) is 0 Å². The summed E-state index contributed by atoms with van der Waals surface area (Å²) < 4.78 is 0. The van der Waals surface area contributed by atoms with Gasteiger partial charge in [-0.05, 0) is 90.3 Å². The summed E-state index contributed by atoms with van der Waals surface area (Å²) in [5.74, 6) is 0. The number of hydrogen-bond donors (Lipinski definition) is 3. The molecule has 0 rings (SSSR count). The lowest BCUT2D eigenvalue weighted by Gasteiger charge is -2.61. The van der Waals surface area contributed by atoms with E-state index < -0.39 is 6.10 Å². The van der Waals surface area contributed by atoms with E-state index in [-0.39, 0.29) is 43.6 Å². The van der Waals surface area contributed by atoms with Crippen LogP contribution in [-0.4, -0.2) is 22.3 Å². The van der Waals surface area contributed by atoms with Crippen molar-refractivity contribution < 1.29 is 5.11 Å². The zero-order chi connectivity index (χ0) is 29.9. The zero-order valence-corrected chi connectivity index (χ0v) is 28.5. The molecule has 0 spiro atoms. The van der Waals surface area contributed by atoms with Crippen LogP contribution in [0.5, 0.6) is 0 Å². The molecule has 0 saturated heterocycles. The van der Waals surface area contributed by atoms with Crippen LogP contribution in [0.25, 0.3) is 0 Å². The third kappa shape index (κ3) is 6.30. The van der Waals surface area contributed by atoms with Crippen molar-refractivity contribution in [3.05, 3.63) is 0 Å². The molecule has 224 valence electrons. The molecule has 5 N–H and O–H groups in total. The van der Waals surface area contributed by atoms with Crippen LogP contribution in [0.2, 0.25) is 0 Å². The van der Waals surface area contributed by atoms with Gasteiger partial charge in [-0.15, -0.1) is 0 Å². The molecule has 3 nitrogen and oxygen atoms in total. The Balaban J connectivity index is 6.70. The minimum Gasteiger partial charge on any atom is -0.392 e. The monoisotopic (exact) mass is 525 g/mol. The largest absolute Gasteiger partial charge is 0.392 e. The van der Waals surface area contributed by atoms with Crippen LogP contribution in [0, 0.1) is 32.5 Å². The van der Waals surface area contributed by atoms with Crippen molar-refractivity contribution >= 4 is 0 Å². The Morgan fingerprint density at radius 2 is 0.784 bits per heavy atom. The van der Waals surface area contributed by atoms with Crippen molar-refractivity contribution in [2.45, 2.75) is 186 Å². The van der Waals surface area contributed by atoms with E-state index in [9.17, 15) is 5.11 Å². The molecule has 0 fully saturated rings. The summed E-state index contributed by atoms with van der Waals surface area (Å²) in [5, 5.41) is 12.6. The molecule has 0 aromatic heterocycles. The molecular weight excluding hydrogens is 452 g/mol. The van der Waals surface area contributed by atoms with Gasteiger partial charge in [-0.1, -0.05) is 111 Å². The van der Waals surface area contributed by atoms with Crippen molar-refractivity contribution in [3.63, 3.8) is 0 Å². The Hall–Kier alpha value is -0.120. The van der Waals surface area contributed by atoms with Crippen LogP contribution in [0.1, 0.15) is 169 Å². The lowest BCUT2D eigenvalue weighted by atomic mass is 9.46. The molecule has 0 aliphatic heterocycles. The van der Waals surface area contributed by atoms with E-state index in [4.69, 9.17) is 11.5 Å². The Morgan fingerprint density at radius 3 is 1.05 bits per heavy atom. The fraction of sp³-hybridized carbons (Fsp3) is 1.00. The van der Waals surface area contributed by atoms with Gasteiger partial charge in [0.15, 0.2) is 0 Å². The van der Waals surface area contributed by atoms with E-state index >= 15 is 0 Å². The maximum Gasteiger partial charge on any atom is 0.0657 e. The van der Waals surface area contributed by atoms with Crippen LogP contribution in [0.15, 0.2) is 0 Å². The number of aliphatic hydroxyl groups is 1. The standard InChI is InChI=1S/C34H72N2O/c1-17-30(14,34(36,22-6)23-7)25-28(10,11)32(16,19-3)26(37)31(15,18-2)27(8,9)24-29(12,13)33(35,20-4)21-5/h26,37H,17-25,35-36H2,1-16H3. The maximum absolute atomic E-state index is 12.6. The summed E-state index contributed by atoms with van der Waals surface area (Å²) in [6.45, 7) is 37.1. The molecule has 0 amide bonds. The first-order valence-electron chi connectivity index (χ1n) is 15.8. The summed E-state index contributed by atoms with van der Waals surface area (Å²) in [7, 11) is 0. The molecule has 3 heteroatoms. The van der Waals surface area contributed by atoms with Gasteiger partial charge in [0.25, 0.3) is 0 Å². The number of aliphatic hydroxyl groups excluding tert-OH is 1. The smallest absolute Gasteiger partial charge is 0.0657 e. The lowest BCUT2D eigenvalue weighted by Crippen LogP contribution is -2.61. The molecular formula is C34H72N2O. The highest BCUT2D eigenvalue weighted by molar-refractivity contribution is 5.10. The fourth-order valence-electron chi connectivity index (χ4n) is 8.41. The van der Waals surface area contributed by atoms with E-state index in [1.807, 2.05) is 0 Å². The topological polar surface area (TPSA) is 72.3 Å². The van der Waals surface area contributed by atoms with Gasteiger partial charge >= 0.3 is 0 Å². The van der Waals surface area contributed by atoms with Gasteiger partial charge in [-0.2, -0.15) is 0 Å². The second-order valence-electron chi connectivity index (χ2n) is 15.6. The molecule has 4 atom stereocenters. The molecule has 0 heterocycles. The first kappa shape index (κ1) is 36.9. The normalized spacial score (nSPS) is 20.2. The summed E-state index contributed by atoms with van der Waals surface area (Å²) >= 11 is 0. The van der Waals surface area contributed by atoms with E-state index in [1.54, 1.807) is 0 Å². The molecule has 0 aliphatic carbocycles. The van der Waals surface area contributed by atoms with Crippen molar-refractivity contribution in [3.8, 4) is 0 Å². The average Bonchev–Trinajstić information content (AvgIpc) is 2.84. The van der Waals surface area contributed by atoms with Crippen molar-refractivity contribution in [1.29, 1.82) is 0 Å². The number of rotatable bonds is 17. The second-order valence-corrected chi connectivity index (χ2v) is 15.6. The minimum atomic E-state index is -0.456. The molecule has 0 saturated carbocycles. The highest BCUT2D eigenvalue weighted by Crippen LogP contribution is 2.62. The Morgan fingerprint density at radius 1 is 0.459 bits per heavy atom. The van der Waals surface area contributed by atoms with Gasteiger partial charge in [0.05, 0.1) is 6.10 Å². The van der Waals surface area contributed by atoms with Crippen LogP contribution in [0.3, 0.4) is 0 Å². The molecule has 0 bridgehead atoms. The number of nitrogens with two attached hydrogens (primary N) is 2. The Kier molecular flexibility index (Phi) is 12.1. The summed E-state index contributed by atoms with van der Waals surface area (Å²) in [5.41, 5.74) is 12.9. The SMILES string of the molecule is CCC(C)(CC(C)(C)C(C)(CC)C(O)C(C)(CC)C(C)(C)CC(C)(C)C(N)(CC)CC)C(N)(CC)CC. The summed E-state index contributed by atoms with van der Waals surface area (Å²) in [6.07, 6.45) is 8.28. The minimum absolute atomic E-state index is 0.00230. The lowest BCUT2D eigenvalue weighted by molar-refractivity contribution is -0.175. The van der Waals surface area contributed by atoms with Gasteiger partial charge in [0, 0.05) is 11.1 Å². The van der Waals surface area contributed by atoms with Crippen LogP contribution in [0.4, 0.5) is 0 Å². The van der Waals surface area contributed by atoms with Crippen LogP contribution in [-0.2, 0) is 0 Å². The third-order valence-corrected chi connectivity index (χ3v) is 13.3. The highest BCUT2D eigenvalue weighted by atomic mass is 16.3. The Bertz CT molecular complexity index is 703. The molecule has 4 unspecified atom stereocenters. The van der Waals surface area contributed by atoms with Gasteiger partial charge in [-0.25, -0.2) is 0 Å². The van der Waals surface area contributed by atoms with Gasteiger partial charge in [0.2, 0.25) is 0 Å². The van der Waals surface area contributed by atoms with Crippen molar-refractivity contribution in [1.82, 2.24) is 0 Å². The molecule has 0 aromatic rings. The van der Waals surface area contributed by atoms with Gasteiger partial charge in [0.1, 0.15) is 0 Å². The van der Waals surface area contributed by atoms with Gasteiger partial charge < -0.3 is 16.6 Å². The quantitative estimate of drug-likeness (QED) is 0.177. The number of hydrogen-bond acceptors (Lipinski definition) is 3. The third-order valence-electron chi connectivity index (χ3n) is 13.3. The molecule has 37 heavy (non-hydrogen) atoms. The predicted octanol–water partition coefficient (Wildman–Crippen LogP) is 9.49. The van der Waals surface area contributed by atoms with E-state index in [1.165, 1.54) is 0 Å². The fourth-order valence-corrected chi connectivity index (χ4v) is 8.41. The summed E-state index contributed by atoms with van der Waals surface area (Å²) in [6, 6.07) is 0.